The summed E-state index contributed by atoms with van der Waals surface area (Å²) in [7, 11) is 6.34. The molecule has 0 aromatic heterocycles. The van der Waals surface area contributed by atoms with Crippen LogP contribution in [-0.2, 0) is 0 Å². The number of likely N-dealkylation sites (N-methyl/N-ethyl adjacent to an activating group) is 2. The van der Waals surface area contributed by atoms with Gasteiger partial charge in [-0.05, 0) is 78.0 Å². The molecule has 0 aliphatic carbocycles. The van der Waals surface area contributed by atoms with E-state index in [1.807, 2.05) is 7.05 Å². The summed E-state index contributed by atoms with van der Waals surface area (Å²) in [5, 5.41) is 3.44. The molecule has 1 N–H and O–H groups in total. The zero-order valence-electron chi connectivity index (χ0n) is 13.2. The van der Waals surface area contributed by atoms with E-state index in [-0.39, 0.29) is 5.54 Å². The number of nitrogens with zero attached hydrogens (tertiary/aromatic N) is 1. The van der Waals surface area contributed by atoms with Gasteiger partial charge < -0.3 is 10.2 Å². The van der Waals surface area contributed by atoms with Crippen molar-refractivity contribution in [3.63, 3.8) is 0 Å². The first kappa shape index (κ1) is 15.2. The van der Waals surface area contributed by atoms with Gasteiger partial charge in [0.2, 0.25) is 0 Å². The molecule has 0 aliphatic rings. The molecule has 0 saturated carbocycles. The maximum Gasteiger partial charge on any atom is 0.0522 e. The van der Waals surface area contributed by atoms with Crippen molar-refractivity contribution >= 4 is 0 Å². The first-order valence-corrected chi connectivity index (χ1v) is 6.64. The zero-order valence-corrected chi connectivity index (χ0v) is 13.2. The lowest BCUT2D eigenvalue weighted by atomic mass is 9.83. The molecule has 0 heterocycles. The molecule has 0 aliphatic heterocycles. The van der Waals surface area contributed by atoms with Gasteiger partial charge in [0.15, 0.2) is 0 Å². The quantitative estimate of drug-likeness (QED) is 0.880. The van der Waals surface area contributed by atoms with E-state index in [4.69, 9.17) is 0 Å². The minimum Gasteiger partial charge on any atom is -0.313 e. The monoisotopic (exact) mass is 248 g/mol. The van der Waals surface area contributed by atoms with E-state index < -0.39 is 0 Å². The summed E-state index contributed by atoms with van der Waals surface area (Å²) >= 11 is 0. The molecule has 2 heteroatoms. The second-order valence-electron chi connectivity index (χ2n) is 6.06. The summed E-state index contributed by atoms with van der Waals surface area (Å²) in [5.41, 5.74) is 5.65. The van der Waals surface area contributed by atoms with Gasteiger partial charge in [0.05, 0.1) is 6.04 Å². The second kappa shape index (κ2) is 5.41. The molecule has 0 spiro atoms. The predicted molar refractivity (Wildman–Crippen MR) is 80.2 cm³/mol. The largest absolute Gasteiger partial charge is 0.313 e. The van der Waals surface area contributed by atoms with Crippen LogP contribution in [0.3, 0.4) is 0 Å². The Morgan fingerprint density at radius 1 is 1.06 bits per heavy atom. The molecule has 1 aromatic carbocycles. The second-order valence-corrected chi connectivity index (χ2v) is 6.06. The fourth-order valence-corrected chi connectivity index (χ4v) is 2.72. The Kier molecular flexibility index (Phi) is 4.57. The van der Waals surface area contributed by atoms with Crippen LogP contribution in [0.4, 0.5) is 0 Å². The Morgan fingerprint density at radius 3 is 2.06 bits per heavy atom. The molecule has 1 rings (SSSR count). The normalized spacial score (nSPS) is 14.1. The molecule has 0 radical (unpaired) electrons. The summed E-state index contributed by atoms with van der Waals surface area (Å²) in [6.07, 6.45) is 0. The van der Waals surface area contributed by atoms with Crippen molar-refractivity contribution in [2.75, 3.05) is 21.1 Å². The SMILES string of the molecule is CNC(C)(C)C(c1ccc(C)c(C)c1C)N(C)C. The average molecular weight is 248 g/mol. The highest BCUT2D eigenvalue weighted by atomic mass is 15.2. The summed E-state index contributed by atoms with van der Waals surface area (Å²) in [4.78, 5) is 2.30. The van der Waals surface area contributed by atoms with Crippen molar-refractivity contribution in [2.24, 2.45) is 0 Å². The van der Waals surface area contributed by atoms with E-state index >= 15 is 0 Å². The van der Waals surface area contributed by atoms with Gasteiger partial charge >= 0.3 is 0 Å². The van der Waals surface area contributed by atoms with E-state index in [1.54, 1.807) is 0 Å². The van der Waals surface area contributed by atoms with Crippen LogP contribution in [-0.4, -0.2) is 31.6 Å². The highest BCUT2D eigenvalue weighted by Gasteiger charge is 2.32. The van der Waals surface area contributed by atoms with E-state index in [0.717, 1.165) is 0 Å². The van der Waals surface area contributed by atoms with Crippen molar-refractivity contribution in [2.45, 2.75) is 46.2 Å². The third kappa shape index (κ3) is 2.76. The molecule has 0 fully saturated rings. The van der Waals surface area contributed by atoms with Crippen LogP contribution in [0.1, 0.15) is 42.1 Å². The number of hydrogen-bond acceptors (Lipinski definition) is 2. The summed E-state index contributed by atoms with van der Waals surface area (Å²) < 4.78 is 0. The van der Waals surface area contributed by atoms with Gasteiger partial charge in [-0.2, -0.15) is 0 Å². The Hall–Kier alpha value is -0.860. The Bertz CT molecular complexity index is 419. The third-order valence-electron chi connectivity index (χ3n) is 4.24. The number of hydrogen-bond donors (Lipinski definition) is 1. The number of nitrogens with one attached hydrogen (secondary N) is 1. The van der Waals surface area contributed by atoms with Crippen molar-refractivity contribution in [3.8, 4) is 0 Å². The molecule has 0 amide bonds. The van der Waals surface area contributed by atoms with Crippen molar-refractivity contribution in [3.05, 3.63) is 34.4 Å². The predicted octanol–water partition coefficient (Wildman–Crippen LogP) is 3.21. The van der Waals surface area contributed by atoms with Crippen LogP contribution in [0.5, 0.6) is 0 Å². The molecular formula is C16H28N2. The van der Waals surface area contributed by atoms with Gasteiger partial charge in [-0.1, -0.05) is 12.1 Å². The minimum atomic E-state index is 0.0377. The molecule has 18 heavy (non-hydrogen) atoms. The molecule has 0 bridgehead atoms. The minimum absolute atomic E-state index is 0.0377. The number of aryl methyl sites for hydroxylation is 1. The summed E-state index contributed by atoms with van der Waals surface area (Å²) in [6, 6.07) is 4.88. The van der Waals surface area contributed by atoms with Crippen LogP contribution in [0.25, 0.3) is 0 Å². The molecule has 1 unspecified atom stereocenters. The number of rotatable bonds is 4. The summed E-state index contributed by atoms with van der Waals surface area (Å²) in [6.45, 7) is 11.1. The average Bonchev–Trinajstić information content (AvgIpc) is 2.29. The van der Waals surface area contributed by atoms with Gasteiger partial charge in [0.25, 0.3) is 0 Å². The van der Waals surface area contributed by atoms with Gasteiger partial charge in [-0.25, -0.2) is 0 Å². The maximum atomic E-state index is 3.44. The zero-order chi connectivity index (χ0) is 14.1. The highest BCUT2D eigenvalue weighted by Crippen LogP contribution is 2.33. The van der Waals surface area contributed by atoms with E-state index in [9.17, 15) is 0 Å². The van der Waals surface area contributed by atoms with Crippen molar-refractivity contribution in [1.82, 2.24) is 10.2 Å². The molecule has 0 saturated heterocycles. The van der Waals surface area contributed by atoms with E-state index in [1.165, 1.54) is 22.3 Å². The lowest BCUT2D eigenvalue weighted by Crippen LogP contribution is -2.48. The lowest BCUT2D eigenvalue weighted by molar-refractivity contribution is 0.177. The lowest BCUT2D eigenvalue weighted by Gasteiger charge is -2.40. The third-order valence-corrected chi connectivity index (χ3v) is 4.24. The summed E-state index contributed by atoms with van der Waals surface area (Å²) in [5.74, 6) is 0. The van der Waals surface area contributed by atoms with Crippen LogP contribution < -0.4 is 5.32 Å². The van der Waals surface area contributed by atoms with Crippen molar-refractivity contribution < 1.29 is 0 Å². The highest BCUT2D eigenvalue weighted by molar-refractivity contribution is 5.41. The van der Waals surface area contributed by atoms with Crippen LogP contribution >= 0.6 is 0 Å². The molecule has 1 aromatic rings. The Morgan fingerprint density at radius 2 is 1.61 bits per heavy atom. The topological polar surface area (TPSA) is 15.3 Å². The molecule has 1 atom stereocenters. The van der Waals surface area contributed by atoms with Crippen LogP contribution in [0.15, 0.2) is 12.1 Å². The maximum absolute atomic E-state index is 3.44. The fraction of sp³-hybridized carbons (Fsp3) is 0.625. The van der Waals surface area contributed by atoms with Gasteiger partial charge in [0.1, 0.15) is 0 Å². The van der Waals surface area contributed by atoms with Gasteiger partial charge in [0, 0.05) is 5.54 Å². The first-order valence-electron chi connectivity index (χ1n) is 6.64. The Balaban J connectivity index is 3.36. The van der Waals surface area contributed by atoms with Crippen molar-refractivity contribution in [1.29, 1.82) is 0 Å². The number of benzene rings is 1. The van der Waals surface area contributed by atoms with Crippen LogP contribution in [0, 0.1) is 20.8 Å². The first-order chi connectivity index (χ1) is 8.22. The molecule has 102 valence electrons. The van der Waals surface area contributed by atoms with Gasteiger partial charge in [-0.3, -0.25) is 0 Å². The molecule has 2 nitrogen and oxygen atoms in total. The van der Waals surface area contributed by atoms with E-state index in [0.29, 0.717) is 6.04 Å². The standard InChI is InChI=1S/C16H28N2/c1-11-9-10-14(13(3)12(11)2)15(18(7)8)16(4,5)17-6/h9-10,15,17H,1-8H3. The Labute approximate surface area is 112 Å². The molecular weight excluding hydrogens is 220 g/mol. The smallest absolute Gasteiger partial charge is 0.0522 e. The van der Waals surface area contributed by atoms with E-state index in [2.05, 4.69) is 71.1 Å². The van der Waals surface area contributed by atoms with Gasteiger partial charge in [-0.15, -0.1) is 0 Å². The van der Waals surface area contributed by atoms with Crippen LogP contribution in [0.2, 0.25) is 0 Å². The fourth-order valence-electron chi connectivity index (χ4n) is 2.72.